The predicted molar refractivity (Wildman–Crippen MR) is 68.5 cm³/mol. The fraction of sp³-hybridized carbons (Fsp3) is 0.923. The van der Waals surface area contributed by atoms with Crippen molar-refractivity contribution in [2.45, 2.75) is 38.8 Å². The quantitative estimate of drug-likeness (QED) is 0.538. The van der Waals surface area contributed by atoms with Gasteiger partial charge in [0, 0.05) is 44.8 Å². The van der Waals surface area contributed by atoms with Gasteiger partial charge in [0.2, 0.25) is 0 Å². The van der Waals surface area contributed by atoms with E-state index >= 15 is 0 Å². The molecule has 2 aliphatic heterocycles. The largest absolute Gasteiger partial charge is 0.310 e. The van der Waals surface area contributed by atoms with E-state index in [-0.39, 0.29) is 0 Å². The Bertz CT molecular complexity index is 286. The van der Waals surface area contributed by atoms with Crippen LogP contribution in [0, 0.1) is 11.5 Å². The number of likely N-dealkylation sites (N-methyl/N-ethyl adjacent to an activating group) is 1. The second kappa shape index (κ2) is 5.70. The molecule has 0 aromatic carbocycles. The van der Waals surface area contributed by atoms with Crippen LogP contribution < -0.4 is 0 Å². The number of fused-ring (bicyclic) bond motifs is 1. The van der Waals surface area contributed by atoms with Gasteiger partial charge in [-0.1, -0.05) is 0 Å². The zero-order valence-electron chi connectivity index (χ0n) is 11.1. The molecule has 0 amide bonds. The Balaban J connectivity index is 1.82. The topological polar surface area (TPSA) is 33.5 Å². The van der Waals surface area contributed by atoms with Crippen molar-refractivity contribution in [3.05, 3.63) is 0 Å². The Kier molecular flexibility index (Phi) is 4.25. The minimum atomic E-state index is 0.641. The fourth-order valence-corrected chi connectivity index (χ4v) is 3.09. The molecule has 0 saturated carbocycles. The first-order valence-electron chi connectivity index (χ1n) is 6.87. The van der Waals surface area contributed by atoms with E-state index in [1.165, 1.54) is 32.5 Å². The molecule has 2 saturated heterocycles. The van der Waals surface area contributed by atoms with E-state index in [4.69, 9.17) is 5.26 Å². The standard InChI is InChI=1S/C13H24N4/c1-3-15(11-14)7-8-16-10-13-5-4-6-17(13)9-12(16)2/h12-13H,3-10H2,1-2H3/t12-,13+/m0/s1. The summed E-state index contributed by atoms with van der Waals surface area (Å²) in [5, 5.41) is 8.92. The minimum absolute atomic E-state index is 0.641. The Labute approximate surface area is 105 Å². The second-order valence-corrected chi connectivity index (χ2v) is 5.31. The number of nitrogens with zero attached hydrogens (tertiary/aromatic N) is 4. The lowest BCUT2D eigenvalue weighted by molar-refractivity contribution is 0.0557. The monoisotopic (exact) mass is 236 g/mol. The maximum absolute atomic E-state index is 8.92. The molecule has 2 aliphatic rings. The molecule has 0 radical (unpaired) electrons. The highest BCUT2D eigenvalue weighted by Crippen LogP contribution is 2.24. The summed E-state index contributed by atoms with van der Waals surface area (Å²) < 4.78 is 0. The third-order valence-electron chi connectivity index (χ3n) is 4.25. The van der Waals surface area contributed by atoms with Crippen LogP contribution in [-0.4, -0.2) is 66.1 Å². The summed E-state index contributed by atoms with van der Waals surface area (Å²) in [5.41, 5.74) is 0. The summed E-state index contributed by atoms with van der Waals surface area (Å²) in [7, 11) is 0. The van der Waals surface area contributed by atoms with Gasteiger partial charge in [-0.05, 0) is 33.2 Å². The van der Waals surface area contributed by atoms with E-state index in [0.29, 0.717) is 6.04 Å². The maximum Gasteiger partial charge on any atom is 0.179 e. The molecule has 0 unspecified atom stereocenters. The summed E-state index contributed by atoms with van der Waals surface area (Å²) in [6.45, 7) is 10.8. The van der Waals surface area contributed by atoms with E-state index in [1.807, 2.05) is 11.8 Å². The summed E-state index contributed by atoms with van der Waals surface area (Å²) in [5.74, 6) is 0. The maximum atomic E-state index is 8.92. The van der Waals surface area contributed by atoms with E-state index in [2.05, 4.69) is 22.9 Å². The first-order valence-corrected chi connectivity index (χ1v) is 6.87. The zero-order valence-corrected chi connectivity index (χ0v) is 11.1. The van der Waals surface area contributed by atoms with Crippen LogP contribution in [0.25, 0.3) is 0 Å². The Morgan fingerprint density at radius 2 is 2.24 bits per heavy atom. The van der Waals surface area contributed by atoms with Crippen molar-refractivity contribution >= 4 is 0 Å². The number of hydrogen-bond donors (Lipinski definition) is 0. The van der Waals surface area contributed by atoms with Crippen molar-refractivity contribution in [3.63, 3.8) is 0 Å². The molecular formula is C13H24N4. The first-order chi connectivity index (χ1) is 8.24. The summed E-state index contributed by atoms with van der Waals surface area (Å²) in [6, 6.07) is 1.42. The number of piperazine rings is 1. The lowest BCUT2D eigenvalue weighted by Gasteiger charge is -2.42. The van der Waals surface area contributed by atoms with E-state index in [0.717, 1.165) is 25.7 Å². The van der Waals surface area contributed by atoms with Crippen molar-refractivity contribution in [2.24, 2.45) is 0 Å². The van der Waals surface area contributed by atoms with Gasteiger partial charge in [-0.25, -0.2) is 0 Å². The van der Waals surface area contributed by atoms with Crippen LogP contribution >= 0.6 is 0 Å². The van der Waals surface area contributed by atoms with Crippen LogP contribution in [0.5, 0.6) is 0 Å². The second-order valence-electron chi connectivity index (χ2n) is 5.31. The number of hydrogen-bond acceptors (Lipinski definition) is 4. The lowest BCUT2D eigenvalue weighted by Crippen LogP contribution is -2.56. The molecule has 0 spiro atoms. The predicted octanol–water partition coefficient (Wildman–Crippen LogP) is 0.958. The fourth-order valence-electron chi connectivity index (χ4n) is 3.09. The van der Waals surface area contributed by atoms with E-state index in [1.54, 1.807) is 0 Å². The summed E-state index contributed by atoms with van der Waals surface area (Å²) in [4.78, 5) is 7.04. The molecule has 4 nitrogen and oxygen atoms in total. The molecule has 0 aromatic heterocycles. The number of rotatable bonds is 4. The Morgan fingerprint density at radius 3 is 2.94 bits per heavy atom. The molecule has 0 N–H and O–H groups in total. The molecule has 2 fully saturated rings. The smallest absolute Gasteiger partial charge is 0.179 e. The van der Waals surface area contributed by atoms with E-state index in [9.17, 15) is 0 Å². The molecular weight excluding hydrogens is 212 g/mol. The number of nitriles is 1. The summed E-state index contributed by atoms with van der Waals surface area (Å²) >= 11 is 0. The highest BCUT2D eigenvalue weighted by molar-refractivity contribution is 4.91. The normalized spacial score (nSPS) is 29.9. The highest BCUT2D eigenvalue weighted by atomic mass is 15.3. The van der Waals surface area contributed by atoms with Crippen molar-refractivity contribution in [1.29, 1.82) is 5.26 Å². The van der Waals surface area contributed by atoms with Crippen molar-refractivity contribution in [3.8, 4) is 6.19 Å². The van der Waals surface area contributed by atoms with Crippen molar-refractivity contribution < 1.29 is 0 Å². The average molecular weight is 236 g/mol. The molecule has 2 rings (SSSR count). The van der Waals surface area contributed by atoms with Gasteiger partial charge in [-0.15, -0.1) is 0 Å². The van der Waals surface area contributed by atoms with Gasteiger partial charge in [0.1, 0.15) is 0 Å². The SMILES string of the molecule is CCN(C#N)CCN1C[C@H]2CCCN2C[C@@H]1C. The van der Waals surface area contributed by atoms with Gasteiger partial charge < -0.3 is 4.90 Å². The molecule has 4 heteroatoms. The highest BCUT2D eigenvalue weighted by Gasteiger charge is 2.33. The first kappa shape index (κ1) is 12.7. The van der Waals surface area contributed by atoms with Gasteiger partial charge in [0.05, 0.1) is 0 Å². The Hall–Kier alpha value is -0.790. The van der Waals surface area contributed by atoms with Gasteiger partial charge >= 0.3 is 0 Å². The zero-order chi connectivity index (χ0) is 12.3. The van der Waals surface area contributed by atoms with Crippen LogP contribution in [-0.2, 0) is 0 Å². The summed E-state index contributed by atoms with van der Waals surface area (Å²) in [6.07, 6.45) is 4.97. The molecule has 0 bridgehead atoms. The lowest BCUT2D eigenvalue weighted by atomic mass is 10.1. The van der Waals surface area contributed by atoms with Crippen molar-refractivity contribution in [2.75, 3.05) is 39.3 Å². The van der Waals surface area contributed by atoms with Crippen molar-refractivity contribution in [1.82, 2.24) is 14.7 Å². The molecule has 2 atom stereocenters. The van der Waals surface area contributed by atoms with Crippen LogP contribution in [0.1, 0.15) is 26.7 Å². The molecule has 2 heterocycles. The van der Waals surface area contributed by atoms with Gasteiger partial charge in [-0.2, -0.15) is 5.26 Å². The molecule has 0 aromatic rings. The third kappa shape index (κ3) is 2.91. The van der Waals surface area contributed by atoms with E-state index < -0.39 is 0 Å². The van der Waals surface area contributed by atoms with Crippen LogP contribution in [0.2, 0.25) is 0 Å². The van der Waals surface area contributed by atoms with Gasteiger partial charge in [-0.3, -0.25) is 9.80 Å². The van der Waals surface area contributed by atoms with Gasteiger partial charge in [0.15, 0.2) is 6.19 Å². The van der Waals surface area contributed by atoms with Crippen LogP contribution in [0.4, 0.5) is 0 Å². The molecule has 0 aliphatic carbocycles. The molecule has 17 heavy (non-hydrogen) atoms. The Morgan fingerprint density at radius 1 is 1.41 bits per heavy atom. The third-order valence-corrected chi connectivity index (χ3v) is 4.25. The average Bonchev–Trinajstić information content (AvgIpc) is 2.77. The minimum Gasteiger partial charge on any atom is -0.310 e. The van der Waals surface area contributed by atoms with Gasteiger partial charge in [0.25, 0.3) is 0 Å². The van der Waals surface area contributed by atoms with Crippen LogP contribution in [0.15, 0.2) is 0 Å². The van der Waals surface area contributed by atoms with Crippen LogP contribution in [0.3, 0.4) is 0 Å². The molecule has 96 valence electrons.